The number of allylic oxidation sites excluding steroid dienone is 2. The van der Waals surface area contributed by atoms with Crippen molar-refractivity contribution in [3.05, 3.63) is 115 Å². The van der Waals surface area contributed by atoms with Gasteiger partial charge in [-0.25, -0.2) is 0 Å². The number of ether oxygens (including phenoxy) is 2. The van der Waals surface area contributed by atoms with Gasteiger partial charge in [0.1, 0.15) is 34.5 Å². The normalized spacial score (nSPS) is 16.6. The molecule has 50 heavy (non-hydrogen) atoms. The summed E-state index contributed by atoms with van der Waals surface area (Å²) >= 11 is 0. The molecular formula is C42H42O8. The fraction of sp³-hybridized carbons (Fsp3) is 0.286. The maximum Gasteiger partial charge on any atom is 0.201 e. The summed E-state index contributed by atoms with van der Waals surface area (Å²) in [6, 6.07) is 10.1. The van der Waals surface area contributed by atoms with Gasteiger partial charge in [-0.1, -0.05) is 64.1 Å². The van der Waals surface area contributed by atoms with Crippen molar-refractivity contribution in [1.29, 1.82) is 0 Å². The van der Waals surface area contributed by atoms with E-state index in [1.54, 1.807) is 38.1 Å². The topological polar surface area (TPSA) is 134 Å². The third kappa shape index (κ3) is 5.39. The van der Waals surface area contributed by atoms with Crippen molar-refractivity contribution < 1.29 is 39.5 Å². The molecule has 8 nitrogen and oxygen atoms in total. The molecule has 2 aliphatic carbocycles. The van der Waals surface area contributed by atoms with E-state index in [0.717, 1.165) is 0 Å². The molecule has 4 aromatic rings. The molecule has 0 spiro atoms. The second kappa shape index (κ2) is 12.8. The lowest BCUT2D eigenvalue weighted by Gasteiger charge is -2.39. The van der Waals surface area contributed by atoms with Crippen LogP contribution in [0.2, 0.25) is 0 Å². The zero-order valence-corrected chi connectivity index (χ0v) is 29.5. The molecule has 0 saturated heterocycles. The quantitative estimate of drug-likeness (QED) is 0.153. The van der Waals surface area contributed by atoms with Crippen LogP contribution in [0.15, 0.2) is 48.6 Å². The van der Waals surface area contributed by atoms with E-state index in [-0.39, 0.29) is 57.1 Å². The van der Waals surface area contributed by atoms with Crippen LogP contribution < -0.4 is 9.47 Å². The molecule has 0 amide bonds. The third-order valence-corrected chi connectivity index (χ3v) is 9.57. The predicted molar refractivity (Wildman–Crippen MR) is 193 cm³/mol. The highest BCUT2D eigenvalue weighted by Gasteiger charge is 2.47. The van der Waals surface area contributed by atoms with Crippen molar-refractivity contribution in [2.75, 3.05) is 14.2 Å². The number of phenolic OH excluding ortho intramolecular Hbond substituents is 4. The molecule has 2 aliphatic rings. The van der Waals surface area contributed by atoms with Gasteiger partial charge in [0.2, 0.25) is 11.6 Å². The summed E-state index contributed by atoms with van der Waals surface area (Å²) in [6.07, 6.45) is 7.20. The first-order chi connectivity index (χ1) is 23.7. The van der Waals surface area contributed by atoms with E-state index in [9.17, 15) is 30.0 Å². The van der Waals surface area contributed by atoms with Gasteiger partial charge in [-0.2, -0.15) is 0 Å². The predicted octanol–water partition coefficient (Wildman–Crippen LogP) is 8.53. The molecule has 4 N–H and O–H groups in total. The molecule has 4 aromatic carbocycles. The first-order valence-corrected chi connectivity index (χ1v) is 16.7. The van der Waals surface area contributed by atoms with Crippen LogP contribution in [0.25, 0.3) is 12.2 Å². The van der Waals surface area contributed by atoms with Gasteiger partial charge in [-0.3, -0.25) is 9.59 Å². The molecule has 258 valence electrons. The summed E-state index contributed by atoms with van der Waals surface area (Å²) in [5.74, 6) is -2.93. The molecule has 0 aliphatic heterocycles. The smallest absolute Gasteiger partial charge is 0.201 e. The lowest BCUT2D eigenvalue weighted by molar-refractivity contribution is 0.101. The number of phenols is 4. The first-order valence-electron chi connectivity index (χ1n) is 16.7. The van der Waals surface area contributed by atoms with Gasteiger partial charge in [0.15, 0.2) is 0 Å². The Morgan fingerprint density at radius 2 is 0.900 bits per heavy atom. The number of ketones is 2. The van der Waals surface area contributed by atoms with Crippen molar-refractivity contribution in [2.45, 2.75) is 53.4 Å². The molecule has 0 bridgehead atoms. The lowest BCUT2D eigenvalue weighted by Crippen LogP contribution is -2.30. The lowest BCUT2D eigenvalue weighted by atomic mass is 9.63. The monoisotopic (exact) mass is 674 g/mol. The van der Waals surface area contributed by atoms with Crippen molar-refractivity contribution in [1.82, 2.24) is 0 Å². The summed E-state index contributed by atoms with van der Waals surface area (Å²) in [5.41, 5.74) is 3.78. The molecular weight excluding hydrogens is 632 g/mol. The van der Waals surface area contributed by atoms with Crippen molar-refractivity contribution in [3.8, 4) is 34.5 Å². The van der Waals surface area contributed by atoms with Crippen molar-refractivity contribution in [3.63, 3.8) is 0 Å². The van der Waals surface area contributed by atoms with E-state index in [1.165, 1.54) is 26.4 Å². The Morgan fingerprint density at radius 3 is 1.22 bits per heavy atom. The molecule has 0 radical (unpaired) electrons. The maximum absolute atomic E-state index is 14.4. The second-order valence-electron chi connectivity index (χ2n) is 13.9. The SMILES string of the molecule is COc1cc2c(c(O)c1/C=C/C(C)C)C(=O)c1c(O)cc(C)cc1[C@H]2[C@H]1c2cc(C)cc(O)c2C(=O)c2c1cc(OC)c(/C=C/C(C)C)c2O. The standard InChI is InChI=1S/C42H42O8/c1-19(2)9-11-23-31(49-7)17-27-33(25-13-21(5)15-29(43)35(25)41(47)37(27)39(23)45)34-26-14-22(6)16-30(44)36(26)42(48)38-28(34)18-32(50-8)24(40(38)46)12-10-20(3)4/h9-20,33-34,43-46H,1-8H3/b11-9+,12-10+/t33-,34+. The Labute approximate surface area is 292 Å². The van der Waals surface area contributed by atoms with Gasteiger partial charge >= 0.3 is 0 Å². The number of methoxy groups -OCH3 is 2. The third-order valence-electron chi connectivity index (χ3n) is 9.57. The van der Waals surface area contributed by atoms with Gasteiger partial charge in [0.25, 0.3) is 0 Å². The number of rotatable bonds is 7. The number of fused-ring (bicyclic) bond motifs is 4. The molecule has 0 unspecified atom stereocenters. The van der Waals surface area contributed by atoms with E-state index < -0.39 is 23.4 Å². The summed E-state index contributed by atoms with van der Waals surface area (Å²) in [4.78, 5) is 28.8. The summed E-state index contributed by atoms with van der Waals surface area (Å²) in [6.45, 7) is 11.6. The van der Waals surface area contributed by atoms with E-state index in [0.29, 0.717) is 56.0 Å². The Balaban J connectivity index is 1.79. The Hall–Kier alpha value is -5.50. The summed E-state index contributed by atoms with van der Waals surface area (Å²) in [7, 11) is 2.97. The molecule has 0 heterocycles. The average Bonchev–Trinajstić information content (AvgIpc) is 3.03. The van der Waals surface area contributed by atoms with Gasteiger partial charge < -0.3 is 29.9 Å². The summed E-state index contributed by atoms with van der Waals surface area (Å²) in [5, 5.41) is 46.6. The van der Waals surface area contributed by atoms with E-state index >= 15 is 0 Å². The largest absolute Gasteiger partial charge is 0.507 e. The molecule has 2 atom stereocenters. The van der Waals surface area contributed by atoms with Gasteiger partial charge in [0, 0.05) is 11.8 Å². The molecule has 0 fully saturated rings. The van der Waals surface area contributed by atoms with Crippen LogP contribution in [-0.2, 0) is 0 Å². The van der Waals surface area contributed by atoms with Gasteiger partial charge in [-0.15, -0.1) is 0 Å². The molecule has 8 heteroatoms. The van der Waals surface area contributed by atoms with Crippen LogP contribution in [0.3, 0.4) is 0 Å². The minimum Gasteiger partial charge on any atom is -0.507 e. The van der Waals surface area contributed by atoms with Crippen LogP contribution >= 0.6 is 0 Å². The van der Waals surface area contributed by atoms with E-state index in [1.807, 2.05) is 52.0 Å². The zero-order chi connectivity index (χ0) is 36.3. The molecule has 0 aromatic heterocycles. The van der Waals surface area contributed by atoms with Gasteiger partial charge in [-0.05, 0) is 83.3 Å². The molecule has 0 saturated carbocycles. The highest BCUT2D eigenvalue weighted by Crippen LogP contribution is 2.58. The first kappa shape index (κ1) is 34.4. The number of carbonyl (C=O) groups is 2. The number of benzene rings is 4. The van der Waals surface area contributed by atoms with Crippen LogP contribution in [0, 0.1) is 25.7 Å². The van der Waals surface area contributed by atoms with Crippen LogP contribution in [0.1, 0.15) is 116 Å². The summed E-state index contributed by atoms with van der Waals surface area (Å²) < 4.78 is 11.6. The maximum atomic E-state index is 14.4. The highest BCUT2D eigenvalue weighted by atomic mass is 16.5. The highest BCUT2D eigenvalue weighted by molar-refractivity contribution is 6.18. The van der Waals surface area contributed by atoms with Crippen molar-refractivity contribution >= 4 is 23.7 Å². The van der Waals surface area contributed by atoms with Gasteiger partial charge in [0.05, 0.1) is 47.6 Å². The minimum atomic E-state index is -0.820. The Kier molecular flexibility index (Phi) is 8.76. The number of carbonyl (C=O) groups excluding carboxylic acids is 2. The zero-order valence-electron chi connectivity index (χ0n) is 29.5. The van der Waals surface area contributed by atoms with E-state index in [4.69, 9.17) is 9.47 Å². The fourth-order valence-electron chi connectivity index (χ4n) is 7.44. The fourth-order valence-corrected chi connectivity index (χ4v) is 7.44. The second-order valence-corrected chi connectivity index (χ2v) is 13.9. The van der Waals surface area contributed by atoms with Crippen LogP contribution in [0.5, 0.6) is 34.5 Å². The number of hydrogen-bond acceptors (Lipinski definition) is 8. The van der Waals surface area contributed by atoms with Crippen molar-refractivity contribution in [2.24, 2.45) is 11.8 Å². The minimum absolute atomic E-state index is 0.00425. The molecule has 6 rings (SSSR count). The Morgan fingerprint density at radius 1 is 0.560 bits per heavy atom. The average molecular weight is 675 g/mol. The van der Waals surface area contributed by atoms with Crippen LogP contribution in [-0.4, -0.2) is 46.2 Å². The van der Waals surface area contributed by atoms with E-state index in [2.05, 4.69) is 0 Å². The number of hydrogen-bond donors (Lipinski definition) is 4. The number of aryl methyl sites for hydroxylation is 2. The number of aromatic hydroxyl groups is 4. The Bertz CT molecular complexity index is 2000. The van der Waals surface area contributed by atoms with Crippen LogP contribution in [0.4, 0.5) is 0 Å².